The number of carbonyl (C=O) groups is 2. The maximum absolute atomic E-state index is 12.6. The molecular weight excluding hydrogens is 306 g/mol. The Balaban J connectivity index is 1.64. The van der Waals surface area contributed by atoms with Gasteiger partial charge in [-0.15, -0.1) is 0 Å². The number of ether oxygens (including phenoxy) is 1. The van der Waals surface area contributed by atoms with Crippen molar-refractivity contribution in [3.05, 3.63) is 18.2 Å². The van der Waals surface area contributed by atoms with Crippen LogP contribution in [0.4, 0.5) is 11.4 Å². The molecule has 2 amide bonds. The van der Waals surface area contributed by atoms with Crippen LogP contribution in [-0.2, 0) is 9.59 Å². The minimum absolute atomic E-state index is 0.119. The zero-order valence-electron chi connectivity index (χ0n) is 14.5. The van der Waals surface area contributed by atoms with Crippen molar-refractivity contribution in [2.45, 2.75) is 45.8 Å². The molecule has 0 spiro atoms. The molecule has 0 radical (unpaired) electrons. The fraction of sp³-hybridized carbons (Fsp3) is 0.556. The first-order valence-corrected chi connectivity index (χ1v) is 8.61. The lowest BCUT2D eigenvalue weighted by atomic mass is 9.99. The van der Waals surface area contributed by atoms with E-state index < -0.39 is 6.10 Å². The molecule has 0 aromatic heterocycles. The number of likely N-dealkylation sites (tertiary alicyclic amines) is 1. The second kappa shape index (κ2) is 6.71. The van der Waals surface area contributed by atoms with Crippen LogP contribution in [-0.4, -0.2) is 41.9 Å². The van der Waals surface area contributed by atoms with Crippen molar-refractivity contribution in [2.24, 2.45) is 5.92 Å². The Hall–Kier alpha value is -2.24. The molecule has 0 unspecified atom stereocenters. The van der Waals surface area contributed by atoms with Crippen LogP contribution in [0.5, 0.6) is 5.75 Å². The van der Waals surface area contributed by atoms with E-state index in [1.807, 2.05) is 24.0 Å². The molecule has 0 aliphatic carbocycles. The number of carbonyl (C=O) groups excluding carboxylic acids is 2. The van der Waals surface area contributed by atoms with Crippen LogP contribution in [0.1, 0.15) is 33.6 Å². The Morgan fingerprint density at radius 3 is 2.75 bits per heavy atom. The van der Waals surface area contributed by atoms with Crippen LogP contribution >= 0.6 is 0 Å². The first kappa shape index (κ1) is 16.6. The summed E-state index contributed by atoms with van der Waals surface area (Å²) in [6.07, 6.45) is 1.65. The Morgan fingerprint density at radius 2 is 2.04 bits per heavy atom. The van der Waals surface area contributed by atoms with E-state index >= 15 is 0 Å². The third kappa shape index (κ3) is 3.47. The number of benzene rings is 1. The van der Waals surface area contributed by atoms with Crippen LogP contribution < -0.4 is 15.4 Å². The molecule has 2 aliphatic rings. The van der Waals surface area contributed by atoms with Gasteiger partial charge in [0.15, 0.2) is 6.10 Å². The van der Waals surface area contributed by atoms with Crippen molar-refractivity contribution in [2.75, 3.05) is 23.7 Å². The number of nitrogens with one attached hydrogen (secondary N) is 2. The molecule has 2 N–H and O–H groups in total. The lowest BCUT2D eigenvalue weighted by Crippen LogP contribution is -2.45. The van der Waals surface area contributed by atoms with Crippen molar-refractivity contribution in [3.63, 3.8) is 0 Å². The first-order valence-electron chi connectivity index (χ1n) is 8.61. The van der Waals surface area contributed by atoms with Gasteiger partial charge in [-0.1, -0.05) is 6.92 Å². The maximum atomic E-state index is 12.6. The second-order valence-corrected chi connectivity index (χ2v) is 6.83. The summed E-state index contributed by atoms with van der Waals surface area (Å²) in [6, 6.07) is 5.18. The van der Waals surface area contributed by atoms with Gasteiger partial charge in [-0.3, -0.25) is 9.59 Å². The van der Waals surface area contributed by atoms with Gasteiger partial charge in [-0.2, -0.15) is 0 Å². The van der Waals surface area contributed by atoms with Crippen molar-refractivity contribution in [1.82, 2.24) is 4.90 Å². The summed E-state index contributed by atoms with van der Waals surface area (Å²) in [5.41, 5.74) is 1.42. The van der Waals surface area contributed by atoms with Crippen LogP contribution in [0.3, 0.4) is 0 Å². The summed E-state index contributed by atoms with van der Waals surface area (Å²) in [4.78, 5) is 26.2. The average molecular weight is 331 g/mol. The molecule has 6 heteroatoms. The topological polar surface area (TPSA) is 70.7 Å². The quantitative estimate of drug-likeness (QED) is 0.892. The number of hydrogen-bond acceptors (Lipinski definition) is 4. The van der Waals surface area contributed by atoms with Gasteiger partial charge in [-0.05, 0) is 50.8 Å². The number of piperidine rings is 1. The maximum Gasteiger partial charge on any atom is 0.265 e. The number of rotatable bonds is 3. The van der Waals surface area contributed by atoms with Crippen molar-refractivity contribution in [3.8, 4) is 5.75 Å². The number of fused-ring (bicyclic) bond motifs is 1. The monoisotopic (exact) mass is 331 g/mol. The minimum atomic E-state index is -0.488. The van der Waals surface area contributed by atoms with E-state index in [1.165, 1.54) is 0 Å². The second-order valence-electron chi connectivity index (χ2n) is 6.83. The minimum Gasteiger partial charge on any atom is -0.479 e. The van der Waals surface area contributed by atoms with Gasteiger partial charge in [-0.25, -0.2) is 0 Å². The molecule has 1 fully saturated rings. The Bertz CT molecular complexity index is 638. The molecule has 1 saturated heterocycles. The number of hydrogen-bond donors (Lipinski definition) is 2. The summed E-state index contributed by atoms with van der Waals surface area (Å²) in [5, 5.41) is 6.05. The molecule has 2 heterocycles. The molecule has 0 saturated carbocycles. The Kier molecular flexibility index (Phi) is 4.64. The summed E-state index contributed by atoms with van der Waals surface area (Å²) in [5.74, 6) is 1.31. The van der Waals surface area contributed by atoms with E-state index in [4.69, 9.17) is 4.74 Å². The van der Waals surface area contributed by atoms with Gasteiger partial charge in [0, 0.05) is 18.8 Å². The smallest absolute Gasteiger partial charge is 0.265 e. The van der Waals surface area contributed by atoms with Crippen LogP contribution in [0.15, 0.2) is 18.2 Å². The van der Waals surface area contributed by atoms with E-state index in [-0.39, 0.29) is 17.9 Å². The highest BCUT2D eigenvalue weighted by atomic mass is 16.5. The number of nitrogens with zero attached hydrogens (tertiary/aromatic N) is 1. The molecular formula is C18H25N3O3. The normalized spacial score (nSPS) is 22.2. The van der Waals surface area contributed by atoms with Gasteiger partial charge in [0.25, 0.3) is 5.91 Å². The van der Waals surface area contributed by atoms with E-state index in [2.05, 4.69) is 17.6 Å². The lowest BCUT2D eigenvalue weighted by molar-refractivity contribution is -0.133. The number of amides is 2. The Morgan fingerprint density at radius 1 is 1.33 bits per heavy atom. The highest BCUT2D eigenvalue weighted by molar-refractivity contribution is 5.98. The predicted molar refractivity (Wildman–Crippen MR) is 93.2 cm³/mol. The molecule has 24 heavy (non-hydrogen) atoms. The van der Waals surface area contributed by atoms with E-state index in [0.717, 1.165) is 31.6 Å². The van der Waals surface area contributed by atoms with Crippen LogP contribution in [0, 0.1) is 5.92 Å². The van der Waals surface area contributed by atoms with Gasteiger partial charge in [0.2, 0.25) is 5.91 Å². The molecule has 3 rings (SSSR count). The highest BCUT2D eigenvalue weighted by Gasteiger charge is 2.26. The average Bonchev–Trinajstić information content (AvgIpc) is 2.56. The van der Waals surface area contributed by atoms with Gasteiger partial charge >= 0.3 is 0 Å². The highest BCUT2D eigenvalue weighted by Crippen LogP contribution is 2.32. The predicted octanol–water partition coefficient (Wildman–Crippen LogP) is 2.46. The molecule has 2 atom stereocenters. The molecule has 130 valence electrons. The van der Waals surface area contributed by atoms with Crippen molar-refractivity contribution < 1.29 is 14.3 Å². The van der Waals surface area contributed by atoms with Gasteiger partial charge < -0.3 is 20.3 Å². The van der Waals surface area contributed by atoms with Crippen molar-refractivity contribution >= 4 is 23.2 Å². The summed E-state index contributed by atoms with van der Waals surface area (Å²) < 4.78 is 5.54. The van der Waals surface area contributed by atoms with E-state index in [1.54, 1.807) is 13.0 Å². The van der Waals surface area contributed by atoms with Gasteiger partial charge in [0.1, 0.15) is 11.8 Å². The van der Waals surface area contributed by atoms with Crippen molar-refractivity contribution in [1.29, 1.82) is 0 Å². The fourth-order valence-electron chi connectivity index (χ4n) is 3.11. The molecule has 1 aromatic rings. The molecule has 2 aliphatic heterocycles. The fourth-order valence-corrected chi connectivity index (χ4v) is 3.11. The van der Waals surface area contributed by atoms with Crippen LogP contribution in [0.25, 0.3) is 0 Å². The SMILES string of the molecule is CC1CCN(C(=O)[C@@H](C)Nc2ccc3c(c2)NC(=O)[C@H](C)O3)CC1. The zero-order chi connectivity index (χ0) is 17.3. The van der Waals surface area contributed by atoms with E-state index in [0.29, 0.717) is 17.4 Å². The summed E-state index contributed by atoms with van der Waals surface area (Å²) in [7, 11) is 0. The molecule has 1 aromatic carbocycles. The summed E-state index contributed by atoms with van der Waals surface area (Å²) >= 11 is 0. The largest absolute Gasteiger partial charge is 0.479 e. The zero-order valence-corrected chi connectivity index (χ0v) is 14.5. The third-order valence-electron chi connectivity index (χ3n) is 4.76. The standard InChI is InChI=1S/C18H25N3O3/c1-11-6-8-21(9-7-11)18(23)12(2)19-14-4-5-16-15(10-14)20-17(22)13(3)24-16/h4-5,10-13,19H,6-9H2,1-3H3,(H,20,22)/t12-,13+/m1/s1. The van der Waals surface area contributed by atoms with Gasteiger partial charge in [0.05, 0.1) is 5.69 Å². The van der Waals surface area contributed by atoms with Crippen LogP contribution in [0.2, 0.25) is 0 Å². The number of anilines is 2. The third-order valence-corrected chi connectivity index (χ3v) is 4.76. The Labute approximate surface area is 142 Å². The lowest BCUT2D eigenvalue weighted by Gasteiger charge is -2.32. The summed E-state index contributed by atoms with van der Waals surface area (Å²) in [6.45, 7) is 7.48. The molecule has 0 bridgehead atoms. The molecule has 6 nitrogen and oxygen atoms in total. The first-order chi connectivity index (χ1) is 11.4. The van der Waals surface area contributed by atoms with E-state index in [9.17, 15) is 9.59 Å².